The van der Waals surface area contributed by atoms with Gasteiger partial charge in [0.05, 0.1) is 0 Å². The molecule has 0 saturated carbocycles. The first kappa shape index (κ1) is 17.6. The van der Waals surface area contributed by atoms with Crippen LogP contribution in [0, 0.1) is 0 Å². The van der Waals surface area contributed by atoms with E-state index < -0.39 is 0 Å². The number of hydrogen-bond acceptors (Lipinski definition) is 1. The normalized spacial score (nSPS) is 14.5. The SMILES string of the molecule is CN(C)CC/C=C1\c2ccccc2[Se]c2ccc(Cl)cc21.Cl. The third-order valence-corrected chi connectivity index (χ3v) is 6.21. The third-order valence-electron chi connectivity index (χ3n) is 3.55. The van der Waals surface area contributed by atoms with E-state index in [1.165, 1.54) is 25.6 Å². The minimum atomic E-state index is 0. The van der Waals surface area contributed by atoms with Crippen molar-refractivity contribution >= 4 is 53.5 Å². The van der Waals surface area contributed by atoms with Gasteiger partial charge in [0.15, 0.2) is 0 Å². The molecule has 0 aliphatic carbocycles. The first-order chi connectivity index (χ1) is 10.1. The molecule has 3 rings (SSSR count). The second-order valence-corrected chi connectivity index (χ2v) is 8.16. The van der Waals surface area contributed by atoms with Crippen LogP contribution in [-0.2, 0) is 0 Å². The van der Waals surface area contributed by atoms with Gasteiger partial charge in [0.2, 0.25) is 0 Å². The third kappa shape index (κ3) is 3.76. The Bertz CT molecular complexity index is 695. The molecule has 1 aliphatic rings. The Kier molecular flexibility index (Phi) is 6.14. The van der Waals surface area contributed by atoms with E-state index >= 15 is 0 Å². The Labute approximate surface area is 149 Å². The van der Waals surface area contributed by atoms with Crippen molar-refractivity contribution in [1.82, 2.24) is 4.90 Å². The van der Waals surface area contributed by atoms with Gasteiger partial charge >= 0.3 is 138 Å². The summed E-state index contributed by atoms with van der Waals surface area (Å²) in [5, 5.41) is 0.822. The van der Waals surface area contributed by atoms with E-state index in [0.29, 0.717) is 15.0 Å². The number of hydrogen-bond donors (Lipinski definition) is 0. The van der Waals surface area contributed by atoms with Crippen molar-refractivity contribution in [2.45, 2.75) is 6.42 Å². The Hall–Kier alpha value is -0.761. The van der Waals surface area contributed by atoms with Gasteiger partial charge in [0.1, 0.15) is 0 Å². The summed E-state index contributed by atoms with van der Waals surface area (Å²) in [5.74, 6) is 0. The van der Waals surface area contributed by atoms with Crippen molar-refractivity contribution in [3.8, 4) is 0 Å². The van der Waals surface area contributed by atoms with Crippen molar-refractivity contribution in [3.05, 3.63) is 64.7 Å². The van der Waals surface area contributed by atoms with E-state index in [4.69, 9.17) is 11.6 Å². The molecule has 1 aliphatic heterocycles. The van der Waals surface area contributed by atoms with E-state index in [-0.39, 0.29) is 12.4 Å². The summed E-state index contributed by atoms with van der Waals surface area (Å²) in [5.41, 5.74) is 4.05. The molecule has 116 valence electrons. The maximum atomic E-state index is 6.23. The van der Waals surface area contributed by atoms with Crippen LogP contribution >= 0.6 is 24.0 Å². The summed E-state index contributed by atoms with van der Waals surface area (Å²) in [6.07, 6.45) is 3.42. The van der Waals surface area contributed by atoms with Gasteiger partial charge < -0.3 is 0 Å². The smallest absolute Gasteiger partial charge is 0.147 e. The van der Waals surface area contributed by atoms with Crippen molar-refractivity contribution < 1.29 is 0 Å². The Balaban J connectivity index is 0.00000176. The molecule has 0 bridgehead atoms. The number of nitrogens with zero attached hydrogens (tertiary/aromatic N) is 1. The van der Waals surface area contributed by atoms with Crippen LogP contribution in [0.25, 0.3) is 5.57 Å². The van der Waals surface area contributed by atoms with Gasteiger partial charge in [-0.1, -0.05) is 0 Å². The van der Waals surface area contributed by atoms with E-state index in [0.717, 1.165) is 18.0 Å². The molecule has 0 atom stereocenters. The van der Waals surface area contributed by atoms with Gasteiger partial charge in [-0.05, 0) is 0 Å². The summed E-state index contributed by atoms with van der Waals surface area (Å²) in [4.78, 5) is 2.22. The predicted octanol–water partition coefficient (Wildman–Crippen LogP) is 3.11. The Morgan fingerprint density at radius 3 is 2.55 bits per heavy atom. The summed E-state index contributed by atoms with van der Waals surface area (Å²) < 4.78 is 2.90. The molecule has 2 aromatic rings. The average molecular weight is 399 g/mol. The van der Waals surface area contributed by atoms with Gasteiger partial charge in [-0.3, -0.25) is 0 Å². The molecule has 0 unspecified atom stereocenters. The summed E-state index contributed by atoms with van der Waals surface area (Å²) in [6.45, 7) is 1.06. The van der Waals surface area contributed by atoms with Crippen LogP contribution in [0.4, 0.5) is 0 Å². The number of benzene rings is 2. The minimum Gasteiger partial charge on any atom is -0.147 e. The molecule has 1 heterocycles. The van der Waals surface area contributed by atoms with Gasteiger partial charge in [0, 0.05) is 0 Å². The first-order valence-corrected chi connectivity index (χ1v) is 9.16. The number of rotatable bonds is 3. The molecule has 2 aromatic carbocycles. The summed E-state index contributed by atoms with van der Waals surface area (Å²) in [6, 6.07) is 15.1. The topological polar surface area (TPSA) is 3.24 Å². The van der Waals surface area contributed by atoms with Crippen LogP contribution in [0.2, 0.25) is 5.02 Å². The fourth-order valence-corrected chi connectivity index (χ4v) is 4.98. The Morgan fingerprint density at radius 1 is 1.05 bits per heavy atom. The van der Waals surface area contributed by atoms with Gasteiger partial charge in [0.25, 0.3) is 0 Å². The van der Waals surface area contributed by atoms with Crippen LogP contribution in [-0.4, -0.2) is 40.5 Å². The molecule has 0 amide bonds. The molecule has 1 nitrogen and oxygen atoms in total. The zero-order valence-electron chi connectivity index (χ0n) is 12.7. The van der Waals surface area contributed by atoms with Gasteiger partial charge in [-0.25, -0.2) is 0 Å². The van der Waals surface area contributed by atoms with E-state index in [2.05, 4.69) is 61.5 Å². The van der Waals surface area contributed by atoms with Crippen molar-refractivity contribution in [2.75, 3.05) is 20.6 Å². The molecular weight excluding hydrogens is 380 g/mol. The van der Waals surface area contributed by atoms with Crippen LogP contribution in [0.1, 0.15) is 17.5 Å². The molecule has 0 saturated heterocycles. The molecular formula is C18H19Cl2NSe. The fraction of sp³-hybridized carbons (Fsp3) is 0.222. The second-order valence-electron chi connectivity index (χ2n) is 5.45. The minimum absolute atomic E-state index is 0. The molecule has 4 heteroatoms. The average Bonchev–Trinajstić information content (AvgIpc) is 2.46. The first-order valence-electron chi connectivity index (χ1n) is 7.07. The number of halogens is 2. The molecule has 0 spiro atoms. The van der Waals surface area contributed by atoms with Crippen LogP contribution in [0.3, 0.4) is 0 Å². The molecule has 22 heavy (non-hydrogen) atoms. The van der Waals surface area contributed by atoms with Crippen LogP contribution in [0.15, 0.2) is 48.5 Å². The maximum absolute atomic E-state index is 6.23. The summed E-state index contributed by atoms with van der Waals surface area (Å²) in [7, 11) is 4.22. The van der Waals surface area contributed by atoms with E-state index in [9.17, 15) is 0 Å². The van der Waals surface area contributed by atoms with Crippen molar-refractivity contribution in [1.29, 1.82) is 0 Å². The summed E-state index contributed by atoms with van der Waals surface area (Å²) >= 11 is 6.60. The van der Waals surface area contributed by atoms with Crippen LogP contribution < -0.4 is 8.92 Å². The molecule has 0 radical (unpaired) electrons. The number of fused-ring (bicyclic) bond motifs is 2. The largest absolute Gasteiger partial charge is 0.147 e. The second kappa shape index (κ2) is 7.68. The van der Waals surface area contributed by atoms with Gasteiger partial charge in [-0.2, -0.15) is 0 Å². The quantitative estimate of drug-likeness (QED) is 0.612. The Morgan fingerprint density at radius 2 is 1.77 bits per heavy atom. The zero-order valence-corrected chi connectivity index (χ0v) is 16.0. The monoisotopic (exact) mass is 399 g/mol. The predicted molar refractivity (Wildman–Crippen MR) is 100 cm³/mol. The van der Waals surface area contributed by atoms with E-state index in [1.54, 1.807) is 0 Å². The van der Waals surface area contributed by atoms with Gasteiger partial charge in [-0.15, -0.1) is 12.4 Å². The molecule has 0 N–H and O–H groups in total. The van der Waals surface area contributed by atoms with Crippen molar-refractivity contribution in [3.63, 3.8) is 0 Å². The standard InChI is InChI=1S/C18H18ClNSe.ClH/c1-20(2)11-5-7-14-15-6-3-4-8-17(15)21-18-10-9-13(19)12-16(14)18;/h3-4,6-10,12H,5,11H2,1-2H3;1H/b14-7+;. The zero-order chi connectivity index (χ0) is 14.8. The van der Waals surface area contributed by atoms with E-state index in [1.807, 2.05) is 6.07 Å². The fourth-order valence-electron chi connectivity index (χ4n) is 2.53. The molecule has 0 aromatic heterocycles. The van der Waals surface area contributed by atoms with Crippen LogP contribution in [0.5, 0.6) is 0 Å². The molecule has 0 fully saturated rings. The van der Waals surface area contributed by atoms with Crippen molar-refractivity contribution in [2.24, 2.45) is 0 Å². The maximum Gasteiger partial charge on any atom is -0.147 e.